The lowest BCUT2D eigenvalue weighted by atomic mass is 10.1. The molecule has 0 radical (unpaired) electrons. The van der Waals surface area contributed by atoms with E-state index in [1.165, 1.54) is 11.8 Å². The summed E-state index contributed by atoms with van der Waals surface area (Å²) in [5.41, 5.74) is 2.62. The highest BCUT2D eigenvalue weighted by Crippen LogP contribution is 2.24. The third kappa shape index (κ3) is 2.90. The Hall–Kier alpha value is -3.28. The zero-order chi connectivity index (χ0) is 18.8. The second kappa shape index (κ2) is 6.92. The fraction of sp³-hybridized carbons (Fsp3) is 0.200. The molecule has 3 aromatic rings. The lowest BCUT2D eigenvalue weighted by molar-refractivity contribution is 0.102. The summed E-state index contributed by atoms with van der Waals surface area (Å²) >= 11 is 0. The van der Waals surface area contributed by atoms with Crippen LogP contribution < -0.4 is 15.6 Å². The Morgan fingerprint density at radius 3 is 2.38 bits per heavy atom. The molecule has 6 heteroatoms. The number of amides is 1. The van der Waals surface area contributed by atoms with Gasteiger partial charge < -0.3 is 10.1 Å². The maximum atomic E-state index is 12.9. The van der Waals surface area contributed by atoms with Gasteiger partial charge in [-0.25, -0.2) is 4.68 Å². The van der Waals surface area contributed by atoms with Crippen LogP contribution in [0.25, 0.3) is 5.69 Å². The molecule has 1 N–H and O–H groups in total. The molecule has 3 rings (SSSR count). The van der Waals surface area contributed by atoms with Crippen LogP contribution in [0.4, 0.5) is 5.69 Å². The fourth-order valence-corrected chi connectivity index (χ4v) is 3.00. The number of para-hydroxylation sites is 2. The summed E-state index contributed by atoms with van der Waals surface area (Å²) in [4.78, 5) is 25.7. The molecule has 134 valence electrons. The summed E-state index contributed by atoms with van der Waals surface area (Å²) in [6.07, 6.45) is 0. The minimum Gasteiger partial charge on any atom is -0.496 e. The number of anilines is 1. The molecule has 0 aliphatic heterocycles. The second-order valence-corrected chi connectivity index (χ2v) is 6.05. The summed E-state index contributed by atoms with van der Waals surface area (Å²) in [5.74, 6) is 0.124. The van der Waals surface area contributed by atoms with E-state index in [-0.39, 0.29) is 17.2 Å². The van der Waals surface area contributed by atoms with Gasteiger partial charge in [-0.1, -0.05) is 30.3 Å². The molecule has 0 fully saturated rings. The van der Waals surface area contributed by atoms with Crippen molar-refractivity contribution in [3.05, 3.63) is 75.7 Å². The number of aryl methyl sites for hydroxylation is 1. The molecule has 0 saturated carbocycles. The molecule has 26 heavy (non-hydrogen) atoms. The summed E-state index contributed by atoms with van der Waals surface area (Å²) in [6.45, 7) is 3.66. The SMILES string of the molecule is COc1c(C)cccc1C(=O)Nc1c(C)n(C)n(-c2ccccc2)c1=O. The summed E-state index contributed by atoms with van der Waals surface area (Å²) in [5, 5.41) is 2.75. The normalized spacial score (nSPS) is 10.6. The molecule has 2 aromatic carbocycles. The van der Waals surface area contributed by atoms with E-state index in [1.54, 1.807) is 30.8 Å². The average molecular weight is 351 g/mol. The van der Waals surface area contributed by atoms with Gasteiger partial charge in [-0.2, -0.15) is 0 Å². The Kier molecular flexibility index (Phi) is 4.67. The van der Waals surface area contributed by atoms with E-state index in [4.69, 9.17) is 4.74 Å². The maximum absolute atomic E-state index is 12.9. The first-order valence-electron chi connectivity index (χ1n) is 8.24. The van der Waals surface area contributed by atoms with Crippen molar-refractivity contribution in [2.75, 3.05) is 12.4 Å². The van der Waals surface area contributed by atoms with Crippen LogP contribution in [0.15, 0.2) is 53.3 Å². The van der Waals surface area contributed by atoms with Crippen molar-refractivity contribution in [2.24, 2.45) is 7.05 Å². The predicted molar refractivity (Wildman–Crippen MR) is 101 cm³/mol. The first kappa shape index (κ1) is 17.5. The molecule has 0 aliphatic carbocycles. The van der Waals surface area contributed by atoms with Gasteiger partial charge in [0.05, 0.1) is 24.1 Å². The second-order valence-electron chi connectivity index (χ2n) is 6.05. The molecule has 0 bridgehead atoms. The highest BCUT2D eigenvalue weighted by Gasteiger charge is 2.21. The van der Waals surface area contributed by atoms with Gasteiger partial charge in [-0.15, -0.1) is 0 Å². The summed E-state index contributed by atoms with van der Waals surface area (Å²) in [7, 11) is 3.31. The van der Waals surface area contributed by atoms with Crippen molar-refractivity contribution in [3.8, 4) is 11.4 Å². The number of carbonyl (C=O) groups excluding carboxylic acids is 1. The molecule has 1 amide bonds. The third-order valence-corrected chi connectivity index (χ3v) is 4.45. The maximum Gasteiger partial charge on any atom is 0.295 e. The molecule has 6 nitrogen and oxygen atoms in total. The number of nitrogens with zero attached hydrogens (tertiary/aromatic N) is 2. The van der Waals surface area contributed by atoms with E-state index in [0.717, 1.165) is 11.3 Å². The van der Waals surface area contributed by atoms with Crippen LogP contribution >= 0.6 is 0 Å². The van der Waals surface area contributed by atoms with Crippen LogP contribution in [0.3, 0.4) is 0 Å². The standard InChI is InChI=1S/C20H21N3O3/c1-13-9-8-12-16(18(13)26-4)19(24)21-17-14(2)22(3)23(20(17)25)15-10-6-5-7-11-15/h5-12H,1-4H3,(H,21,24). The molecule has 1 aromatic heterocycles. The number of nitrogens with one attached hydrogen (secondary N) is 1. The first-order valence-corrected chi connectivity index (χ1v) is 8.24. The Labute approximate surface area is 151 Å². The van der Waals surface area contributed by atoms with Gasteiger partial charge in [-0.05, 0) is 37.6 Å². The smallest absolute Gasteiger partial charge is 0.295 e. The minimum atomic E-state index is -0.378. The number of rotatable bonds is 4. The Bertz CT molecular complexity index is 1020. The zero-order valence-corrected chi connectivity index (χ0v) is 15.2. The largest absolute Gasteiger partial charge is 0.496 e. The van der Waals surface area contributed by atoms with E-state index in [1.807, 2.05) is 43.3 Å². The topological polar surface area (TPSA) is 65.3 Å². The molecule has 0 aliphatic rings. The van der Waals surface area contributed by atoms with Crippen molar-refractivity contribution in [1.82, 2.24) is 9.36 Å². The van der Waals surface area contributed by atoms with Crippen LogP contribution in [0.1, 0.15) is 21.6 Å². The molecule has 0 spiro atoms. The van der Waals surface area contributed by atoms with Crippen molar-refractivity contribution in [3.63, 3.8) is 0 Å². The quantitative estimate of drug-likeness (QED) is 0.786. The van der Waals surface area contributed by atoms with Gasteiger partial charge in [0, 0.05) is 7.05 Å². The highest BCUT2D eigenvalue weighted by atomic mass is 16.5. The number of benzene rings is 2. The van der Waals surface area contributed by atoms with Crippen LogP contribution in [0.5, 0.6) is 5.75 Å². The van der Waals surface area contributed by atoms with Crippen molar-refractivity contribution >= 4 is 11.6 Å². The van der Waals surface area contributed by atoms with Crippen LogP contribution in [0.2, 0.25) is 0 Å². The third-order valence-electron chi connectivity index (χ3n) is 4.45. The van der Waals surface area contributed by atoms with Crippen LogP contribution in [0, 0.1) is 13.8 Å². The van der Waals surface area contributed by atoms with E-state index >= 15 is 0 Å². The Balaban J connectivity index is 2.03. The van der Waals surface area contributed by atoms with Crippen molar-refractivity contribution < 1.29 is 9.53 Å². The fourth-order valence-electron chi connectivity index (χ4n) is 3.00. The van der Waals surface area contributed by atoms with E-state index < -0.39 is 0 Å². The zero-order valence-electron chi connectivity index (χ0n) is 15.2. The van der Waals surface area contributed by atoms with Gasteiger partial charge in [0.2, 0.25) is 0 Å². The Morgan fingerprint density at radius 2 is 1.73 bits per heavy atom. The summed E-state index contributed by atoms with van der Waals surface area (Å²) < 4.78 is 8.59. The number of hydrogen-bond acceptors (Lipinski definition) is 3. The molecule has 0 atom stereocenters. The van der Waals surface area contributed by atoms with Gasteiger partial charge in [0.1, 0.15) is 11.4 Å². The average Bonchev–Trinajstić information content (AvgIpc) is 2.85. The molecular weight excluding hydrogens is 330 g/mol. The number of hydrogen-bond donors (Lipinski definition) is 1. The predicted octanol–water partition coefficient (Wildman–Crippen LogP) is 3.05. The van der Waals surface area contributed by atoms with E-state index in [2.05, 4.69) is 5.32 Å². The van der Waals surface area contributed by atoms with E-state index in [9.17, 15) is 9.59 Å². The molecular formula is C20H21N3O3. The van der Waals surface area contributed by atoms with Gasteiger partial charge >= 0.3 is 0 Å². The molecule has 0 saturated heterocycles. The highest BCUT2D eigenvalue weighted by molar-refractivity contribution is 6.06. The molecule has 0 unspecified atom stereocenters. The lowest BCUT2D eigenvalue weighted by Crippen LogP contribution is -2.23. The minimum absolute atomic E-state index is 0.255. The monoisotopic (exact) mass is 351 g/mol. The number of carbonyl (C=O) groups is 1. The Morgan fingerprint density at radius 1 is 1.04 bits per heavy atom. The van der Waals surface area contributed by atoms with Crippen molar-refractivity contribution in [1.29, 1.82) is 0 Å². The van der Waals surface area contributed by atoms with Crippen LogP contribution in [-0.4, -0.2) is 22.4 Å². The van der Waals surface area contributed by atoms with Gasteiger partial charge in [0.25, 0.3) is 11.5 Å². The number of ether oxygens (including phenoxy) is 1. The lowest BCUT2D eigenvalue weighted by Gasteiger charge is -2.10. The molecule has 1 heterocycles. The first-order chi connectivity index (χ1) is 12.5. The number of aromatic nitrogens is 2. The van der Waals surface area contributed by atoms with Crippen LogP contribution in [-0.2, 0) is 7.05 Å². The van der Waals surface area contributed by atoms with Crippen molar-refractivity contribution in [2.45, 2.75) is 13.8 Å². The van der Waals surface area contributed by atoms with Gasteiger partial charge in [0.15, 0.2) is 0 Å². The van der Waals surface area contributed by atoms with Gasteiger partial charge in [-0.3, -0.25) is 14.3 Å². The number of methoxy groups -OCH3 is 1. The summed E-state index contributed by atoms with van der Waals surface area (Å²) in [6, 6.07) is 14.6. The van der Waals surface area contributed by atoms with E-state index in [0.29, 0.717) is 17.0 Å².